The molecule has 1 heterocycles. The minimum atomic E-state index is -0.229. The maximum atomic E-state index is 13.0. The molecule has 2 amide bonds. The summed E-state index contributed by atoms with van der Waals surface area (Å²) in [5.41, 5.74) is 1.04. The van der Waals surface area contributed by atoms with E-state index in [0.29, 0.717) is 11.8 Å². The van der Waals surface area contributed by atoms with Crippen molar-refractivity contribution in [2.24, 2.45) is 11.8 Å². The van der Waals surface area contributed by atoms with E-state index < -0.39 is 0 Å². The minimum Gasteiger partial charge on any atom is -0.335 e. The van der Waals surface area contributed by atoms with Gasteiger partial charge in [-0.2, -0.15) is 0 Å². The molecule has 1 aliphatic heterocycles. The summed E-state index contributed by atoms with van der Waals surface area (Å²) in [4.78, 5) is 16.7. The molecule has 134 valence electrons. The van der Waals surface area contributed by atoms with Crippen LogP contribution in [0, 0.1) is 17.7 Å². The first-order chi connectivity index (χ1) is 11.3. The number of carbonyl (C=O) groups is 1. The summed E-state index contributed by atoms with van der Waals surface area (Å²) in [5.74, 6) is 0.646. The number of hydrogen-bond donors (Lipinski definition) is 1. The molecule has 1 N–H and O–H groups in total. The Morgan fingerprint density at radius 3 is 2.58 bits per heavy atom. The SMILES string of the molecule is CC(C)[C@@H](Cc1ccc(F)cc1)NC(=O)N1CC[C@H](CN(C)C)C1. The fourth-order valence-corrected chi connectivity index (χ4v) is 3.26. The Morgan fingerprint density at radius 2 is 2.00 bits per heavy atom. The molecular weight excluding hydrogens is 305 g/mol. The molecule has 1 aromatic rings. The second-order valence-corrected chi connectivity index (χ2v) is 7.49. The summed E-state index contributed by atoms with van der Waals surface area (Å²) < 4.78 is 13.0. The van der Waals surface area contributed by atoms with Gasteiger partial charge in [-0.05, 0) is 56.5 Å². The zero-order valence-electron chi connectivity index (χ0n) is 15.3. The number of amides is 2. The van der Waals surface area contributed by atoms with Crippen LogP contribution in [0.1, 0.15) is 25.8 Å². The minimum absolute atomic E-state index is 0.0251. The quantitative estimate of drug-likeness (QED) is 0.867. The van der Waals surface area contributed by atoms with Crippen molar-refractivity contribution in [2.75, 3.05) is 33.7 Å². The number of hydrogen-bond acceptors (Lipinski definition) is 2. The lowest BCUT2D eigenvalue weighted by molar-refractivity contribution is 0.197. The second kappa shape index (κ2) is 8.47. The van der Waals surface area contributed by atoms with Crippen molar-refractivity contribution in [2.45, 2.75) is 32.7 Å². The average Bonchev–Trinajstić information content (AvgIpc) is 2.96. The number of nitrogens with zero attached hydrogens (tertiary/aromatic N) is 2. The van der Waals surface area contributed by atoms with Gasteiger partial charge in [-0.3, -0.25) is 0 Å². The van der Waals surface area contributed by atoms with E-state index >= 15 is 0 Å². The van der Waals surface area contributed by atoms with Crippen molar-refractivity contribution >= 4 is 6.03 Å². The normalized spacial score (nSPS) is 19.1. The van der Waals surface area contributed by atoms with Gasteiger partial charge in [-0.25, -0.2) is 9.18 Å². The Morgan fingerprint density at radius 1 is 1.33 bits per heavy atom. The summed E-state index contributed by atoms with van der Waals surface area (Å²) in [7, 11) is 4.14. The average molecular weight is 335 g/mol. The molecule has 1 aliphatic rings. The fraction of sp³-hybridized carbons (Fsp3) is 0.632. The van der Waals surface area contributed by atoms with Crippen molar-refractivity contribution < 1.29 is 9.18 Å². The van der Waals surface area contributed by atoms with Gasteiger partial charge >= 0.3 is 6.03 Å². The first-order valence-electron chi connectivity index (χ1n) is 8.79. The van der Waals surface area contributed by atoms with Crippen molar-refractivity contribution in [3.8, 4) is 0 Å². The van der Waals surface area contributed by atoms with Crippen LogP contribution >= 0.6 is 0 Å². The third-order valence-electron chi connectivity index (χ3n) is 4.68. The Balaban J connectivity index is 1.90. The van der Waals surface area contributed by atoms with Crippen LogP contribution in [0.15, 0.2) is 24.3 Å². The Bertz CT molecular complexity index is 530. The fourth-order valence-electron chi connectivity index (χ4n) is 3.26. The largest absolute Gasteiger partial charge is 0.335 e. The van der Waals surface area contributed by atoms with Crippen LogP contribution in [-0.2, 0) is 6.42 Å². The van der Waals surface area contributed by atoms with Gasteiger partial charge in [0.15, 0.2) is 0 Å². The molecule has 1 saturated heterocycles. The third kappa shape index (κ3) is 5.48. The number of benzene rings is 1. The van der Waals surface area contributed by atoms with E-state index in [2.05, 4.69) is 38.2 Å². The first kappa shape index (κ1) is 18.7. The predicted molar refractivity (Wildman–Crippen MR) is 95.5 cm³/mol. The van der Waals surface area contributed by atoms with Gasteiger partial charge in [0.05, 0.1) is 0 Å². The van der Waals surface area contributed by atoms with E-state index in [1.165, 1.54) is 12.1 Å². The van der Waals surface area contributed by atoms with Crippen molar-refractivity contribution in [1.29, 1.82) is 0 Å². The van der Waals surface area contributed by atoms with E-state index in [9.17, 15) is 9.18 Å². The zero-order valence-corrected chi connectivity index (χ0v) is 15.3. The topological polar surface area (TPSA) is 35.6 Å². The van der Waals surface area contributed by atoms with Crippen LogP contribution in [0.3, 0.4) is 0 Å². The highest BCUT2D eigenvalue weighted by atomic mass is 19.1. The molecule has 4 nitrogen and oxygen atoms in total. The van der Waals surface area contributed by atoms with Gasteiger partial charge in [0.1, 0.15) is 5.82 Å². The standard InChI is InChI=1S/C19H30FN3O/c1-14(2)18(11-15-5-7-17(20)8-6-15)21-19(24)23-10-9-16(13-23)12-22(3)4/h5-8,14,16,18H,9-13H2,1-4H3,(H,21,24)/t16-,18-/m1/s1. The van der Waals surface area contributed by atoms with E-state index in [1.807, 2.05) is 4.90 Å². The monoisotopic (exact) mass is 335 g/mol. The van der Waals surface area contributed by atoms with Crippen LogP contribution in [-0.4, -0.2) is 55.6 Å². The Kier molecular flexibility index (Phi) is 6.60. The highest BCUT2D eigenvalue weighted by Crippen LogP contribution is 2.18. The number of halogens is 1. The molecule has 0 spiro atoms. The van der Waals surface area contributed by atoms with Gasteiger partial charge in [0, 0.05) is 25.7 Å². The molecule has 24 heavy (non-hydrogen) atoms. The highest BCUT2D eigenvalue weighted by Gasteiger charge is 2.28. The van der Waals surface area contributed by atoms with Gasteiger partial charge in [-0.15, -0.1) is 0 Å². The zero-order chi connectivity index (χ0) is 17.7. The second-order valence-electron chi connectivity index (χ2n) is 7.49. The van der Waals surface area contributed by atoms with Crippen molar-refractivity contribution in [3.63, 3.8) is 0 Å². The predicted octanol–water partition coefficient (Wildman–Crippen LogP) is 2.99. The van der Waals surface area contributed by atoms with Gasteiger partial charge in [0.25, 0.3) is 0 Å². The summed E-state index contributed by atoms with van der Waals surface area (Å²) in [6, 6.07) is 6.61. The number of likely N-dealkylation sites (tertiary alicyclic amines) is 1. The first-order valence-corrected chi connectivity index (χ1v) is 8.79. The smallest absolute Gasteiger partial charge is 0.317 e. The van der Waals surface area contributed by atoms with Crippen LogP contribution in [0.4, 0.5) is 9.18 Å². The number of nitrogens with one attached hydrogen (secondary N) is 1. The molecular formula is C19H30FN3O. The molecule has 2 atom stereocenters. The van der Waals surface area contributed by atoms with E-state index in [-0.39, 0.29) is 17.9 Å². The molecule has 5 heteroatoms. The molecule has 0 radical (unpaired) electrons. The molecule has 2 rings (SSSR count). The van der Waals surface area contributed by atoms with Crippen LogP contribution in [0.5, 0.6) is 0 Å². The lowest BCUT2D eigenvalue weighted by atomic mass is 9.96. The van der Waals surface area contributed by atoms with Gasteiger partial charge < -0.3 is 15.1 Å². The molecule has 0 bridgehead atoms. The highest BCUT2D eigenvalue weighted by molar-refractivity contribution is 5.74. The summed E-state index contributed by atoms with van der Waals surface area (Å²) >= 11 is 0. The van der Waals surface area contributed by atoms with Crippen LogP contribution in [0.2, 0.25) is 0 Å². The van der Waals surface area contributed by atoms with Crippen LogP contribution in [0.25, 0.3) is 0 Å². The van der Waals surface area contributed by atoms with Crippen molar-refractivity contribution in [1.82, 2.24) is 15.1 Å². The number of rotatable bonds is 6. The summed E-state index contributed by atoms with van der Waals surface area (Å²) in [5, 5.41) is 3.18. The van der Waals surface area contributed by atoms with Crippen molar-refractivity contribution in [3.05, 3.63) is 35.6 Å². The van der Waals surface area contributed by atoms with E-state index in [1.54, 1.807) is 12.1 Å². The lowest BCUT2D eigenvalue weighted by Gasteiger charge is -2.26. The Labute approximate surface area is 145 Å². The van der Waals surface area contributed by atoms with E-state index in [0.717, 1.165) is 38.0 Å². The third-order valence-corrected chi connectivity index (χ3v) is 4.68. The summed E-state index contributed by atoms with van der Waals surface area (Å²) in [6.45, 7) is 6.88. The number of urea groups is 1. The van der Waals surface area contributed by atoms with Crippen LogP contribution < -0.4 is 5.32 Å². The lowest BCUT2D eigenvalue weighted by Crippen LogP contribution is -2.47. The maximum absolute atomic E-state index is 13.0. The van der Waals surface area contributed by atoms with Gasteiger partial charge in [0.2, 0.25) is 0 Å². The number of carbonyl (C=O) groups excluding carboxylic acids is 1. The molecule has 1 aromatic carbocycles. The summed E-state index contributed by atoms with van der Waals surface area (Å²) in [6.07, 6.45) is 1.79. The molecule has 1 fully saturated rings. The van der Waals surface area contributed by atoms with Gasteiger partial charge in [-0.1, -0.05) is 26.0 Å². The molecule has 0 saturated carbocycles. The molecule has 0 aliphatic carbocycles. The Hall–Kier alpha value is -1.62. The maximum Gasteiger partial charge on any atom is 0.317 e. The molecule has 0 unspecified atom stereocenters. The van der Waals surface area contributed by atoms with E-state index in [4.69, 9.17) is 0 Å². The molecule has 0 aromatic heterocycles.